The lowest BCUT2D eigenvalue weighted by atomic mass is 10.0. The third-order valence-electron chi connectivity index (χ3n) is 4.24. The van der Waals surface area contributed by atoms with Crippen molar-refractivity contribution < 1.29 is 0 Å². The van der Waals surface area contributed by atoms with Crippen LogP contribution in [0.5, 0.6) is 0 Å². The molecule has 1 nitrogen and oxygen atoms in total. The molecule has 1 heteroatoms. The lowest BCUT2D eigenvalue weighted by Gasteiger charge is -2.08. The van der Waals surface area contributed by atoms with Crippen molar-refractivity contribution in [1.29, 1.82) is 0 Å². The summed E-state index contributed by atoms with van der Waals surface area (Å²) in [5.74, 6) is 0. The van der Waals surface area contributed by atoms with Crippen LogP contribution >= 0.6 is 0 Å². The Morgan fingerprint density at radius 2 is 1.62 bits per heavy atom. The van der Waals surface area contributed by atoms with Crippen molar-refractivity contribution in [3.05, 3.63) is 83.4 Å². The van der Waals surface area contributed by atoms with Crippen LogP contribution in [0.3, 0.4) is 0 Å². The van der Waals surface area contributed by atoms with Gasteiger partial charge in [0, 0.05) is 11.4 Å². The molecule has 102 valence electrons. The van der Waals surface area contributed by atoms with Crippen LogP contribution in [-0.2, 0) is 6.42 Å². The summed E-state index contributed by atoms with van der Waals surface area (Å²) >= 11 is 0. The van der Waals surface area contributed by atoms with Crippen molar-refractivity contribution in [3.63, 3.8) is 0 Å². The van der Waals surface area contributed by atoms with Crippen LogP contribution in [-0.4, -0.2) is 0 Å². The van der Waals surface area contributed by atoms with E-state index < -0.39 is 0 Å². The van der Waals surface area contributed by atoms with Gasteiger partial charge >= 0.3 is 0 Å². The largest absolute Gasteiger partial charge is 0.356 e. The summed E-state index contributed by atoms with van der Waals surface area (Å²) in [5, 5.41) is 3.48. The molecule has 0 unspecified atom stereocenters. The average molecular weight is 271 g/mol. The van der Waals surface area contributed by atoms with E-state index in [4.69, 9.17) is 0 Å². The maximum Gasteiger partial charge on any atom is 0.0387 e. The monoisotopic (exact) mass is 271 g/mol. The Balaban J connectivity index is 1.70. The first-order valence-corrected chi connectivity index (χ1v) is 7.35. The molecule has 21 heavy (non-hydrogen) atoms. The molecule has 0 radical (unpaired) electrons. The Labute approximate surface area is 125 Å². The molecule has 1 aliphatic carbocycles. The van der Waals surface area contributed by atoms with Gasteiger partial charge in [-0.15, -0.1) is 0 Å². The van der Waals surface area contributed by atoms with E-state index in [1.165, 1.54) is 27.8 Å². The van der Waals surface area contributed by atoms with Crippen molar-refractivity contribution in [1.82, 2.24) is 0 Å². The lowest BCUT2D eigenvalue weighted by molar-refractivity contribution is 1.22. The molecule has 0 atom stereocenters. The smallest absolute Gasteiger partial charge is 0.0387 e. The number of fused-ring (bicyclic) bond motifs is 3. The highest BCUT2D eigenvalue weighted by Crippen LogP contribution is 2.39. The van der Waals surface area contributed by atoms with Gasteiger partial charge in [0.25, 0.3) is 0 Å². The Morgan fingerprint density at radius 1 is 0.762 bits per heavy atom. The number of hydrogen-bond donors (Lipinski definition) is 1. The van der Waals surface area contributed by atoms with Gasteiger partial charge < -0.3 is 5.32 Å². The Bertz CT molecular complexity index is 803. The van der Waals surface area contributed by atoms with E-state index in [1.54, 1.807) is 0 Å². The summed E-state index contributed by atoms with van der Waals surface area (Å²) in [5.41, 5.74) is 9.35. The standard InChI is InChI=1S/C20H17N/c1-14-6-5-9-19-18-11-10-17(12-15(18)13-20(14)19)21-16-7-3-2-4-8-16/h2-12,21H,13H2,1H3. The number of benzene rings is 3. The minimum atomic E-state index is 1.04. The fourth-order valence-corrected chi connectivity index (χ4v) is 3.15. The predicted molar refractivity (Wildman–Crippen MR) is 89.1 cm³/mol. The zero-order valence-electron chi connectivity index (χ0n) is 12.1. The first kappa shape index (κ1) is 12.2. The number of para-hydroxylation sites is 1. The summed E-state index contributed by atoms with van der Waals surface area (Å²) in [6.07, 6.45) is 1.04. The van der Waals surface area contributed by atoms with Crippen LogP contribution in [0.1, 0.15) is 16.7 Å². The van der Waals surface area contributed by atoms with E-state index in [9.17, 15) is 0 Å². The van der Waals surface area contributed by atoms with E-state index in [-0.39, 0.29) is 0 Å². The highest BCUT2D eigenvalue weighted by molar-refractivity contribution is 5.80. The molecule has 1 N–H and O–H groups in total. The van der Waals surface area contributed by atoms with Gasteiger partial charge in [-0.05, 0) is 65.4 Å². The second kappa shape index (κ2) is 4.78. The van der Waals surface area contributed by atoms with Crippen molar-refractivity contribution in [3.8, 4) is 11.1 Å². The molecule has 0 heterocycles. The quantitative estimate of drug-likeness (QED) is 0.521. The number of aryl methyl sites for hydroxylation is 1. The van der Waals surface area contributed by atoms with Crippen LogP contribution < -0.4 is 5.32 Å². The molecule has 3 aromatic rings. The third-order valence-corrected chi connectivity index (χ3v) is 4.24. The topological polar surface area (TPSA) is 12.0 Å². The Kier molecular flexibility index (Phi) is 2.78. The van der Waals surface area contributed by atoms with E-state index in [0.29, 0.717) is 0 Å². The molecule has 1 aliphatic rings. The van der Waals surface area contributed by atoms with Crippen LogP contribution in [0.2, 0.25) is 0 Å². The predicted octanol–water partition coefficient (Wildman–Crippen LogP) is 5.31. The van der Waals surface area contributed by atoms with Crippen LogP contribution in [0.25, 0.3) is 11.1 Å². The highest BCUT2D eigenvalue weighted by atomic mass is 14.9. The molecule has 4 rings (SSSR count). The molecular formula is C20H17N. The van der Waals surface area contributed by atoms with Crippen LogP contribution in [0.15, 0.2) is 66.7 Å². The highest BCUT2D eigenvalue weighted by Gasteiger charge is 2.19. The molecule has 0 fully saturated rings. The minimum absolute atomic E-state index is 1.04. The lowest BCUT2D eigenvalue weighted by Crippen LogP contribution is -1.91. The first-order chi connectivity index (χ1) is 10.3. The van der Waals surface area contributed by atoms with E-state index in [2.05, 4.69) is 72.9 Å². The van der Waals surface area contributed by atoms with Gasteiger partial charge in [0.15, 0.2) is 0 Å². The van der Waals surface area contributed by atoms with Gasteiger partial charge in [-0.25, -0.2) is 0 Å². The van der Waals surface area contributed by atoms with Gasteiger partial charge in [-0.3, -0.25) is 0 Å². The van der Waals surface area contributed by atoms with E-state index in [0.717, 1.165) is 17.8 Å². The Hall–Kier alpha value is -2.54. The van der Waals surface area contributed by atoms with Crippen molar-refractivity contribution in [2.24, 2.45) is 0 Å². The molecular weight excluding hydrogens is 254 g/mol. The van der Waals surface area contributed by atoms with E-state index >= 15 is 0 Å². The van der Waals surface area contributed by atoms with Crippen molar-refractivity contribution in [2.75, 3.05) is 5.32 Å². The van der Waals surface area contributed by atoms with E-state index in [1.807, 2.05) is 6.07 Å². The van der Waals surface area contributed by atoms with Crippen molar-refractivity contribution >= 4 is 11.4 Å². The molecule has 0 amide bonds. The maximum absolute atomic E-state index is 3.48. The van der Waals surface area contributed by atoms with Crippen LogP contribution in [0.4, 0.5) is 11.4 Å². The second-order valence-corrected chi connectivity index (χ2v) is 5.64. The zero-order valence-corrected chi connectivity index (χ0v) is 12.1. The number of hydrogen-bond acceptors (Lipinski definition) is 1. The maximum atomic E-state index is 3.48. The first-order valence-electron chi connectivity index (χ1n) is 7.35. The molecule has 3 aromatic carbocycles. The molecule has 0 saturated heterocycles. The van der Waals surface area contributed by atoms with Crippen LogP contribution in [0, 0.1) is 6.92 Å². The van der Waals surface area contributed by atoms with Gasteiger partial charge in [-0.2, -0.15) is 0 Å². The third kappa shape index (κ3) is 2.11. The SMILES string of the molecule is Cc1cccc2c1Cc1cc(Nc3ccccc3)ccc1-2. The summed E-state index contributed by atoms with van der Waals surface area (Å²) in [4.78, 5) is 0. The number of rotatable bonds is 2. The molecule has 0 saturated carbocycles. The van der Waals surface area contributed by atoms with Gasteiger partial charge in [0.2, 0.25) is 0 Å². The number of nitrogens with one attached hydrogen (secondary N) is 1. The van der Waals surface area contributed by atoms with Gasteiger partial charge in [0.05, 0.1) is 0 Å². The molecule has 0 spiro atoms. The Morgan fingerprint density at radius 3 is 2.48 bits per heavy atom. The summed E-state index contributed by atoms with van der Waals surface area (Å²) in [7, 11) is 0. The van der Waals surface area contributed by atoms with Gasteiger partial charge in [-0.1, -0.05) is 42.5 Å². The second-order valence-electron chi connectivity index (χ2n) is 5.64. The molecule has 0 bridgehead atoms. The van der Waals surface area contributed by atoms with Gasteiger partial charge in [0.1, 0.15) is 0 Å². The zero-order chi connectivity index (χ0) is 14.2. The number of anilines is 2. The minimum Gasteiger partial charge on any atom is -0.356 e. The normalized spacial score (nSPS) is 11.9. The fraction of sp³-hybridized carbons (Fsp3) is 0.100. The summed E-state index contributed by atoms with van der Waals surface area (Å²) in [6, 6.07) is 23.6. The summed E-state index contributed by atoms with van der Waals surface area (Å²) in [6.45, 7) is 2.20. The molecule has 0 aromatic heterocycles. The summed E-state index contributed by atoms with van der Waals surface area (Å²) < 4.78 is 0. The average Bonchev–Trinajstić information content (AvgIpc) is 2.88. The fourth-order valence-electron chi connectivity index (χ4n) is 3.15. The molecule has 0 aliphatic heterocycles. The van der Waals surface area contributed by atoms with Crippen molar-refractivity contribution in [2.45, 2.75) is 13.3 Å².